The number of ether oxygens (including phenoxy) is 1. The van der Waals surface area contributed by atoms with Crippen molar-refractivity contribution in [3.05, 3.63) is 17.7 Å². The zero-order valence-corrected chi connectivity index (χ0v) is 8.40. The van der Waals surface area contributed by atoms with E-state index in [1.165, 1.54) is 0 Å². The van der Waals surface area contributed by atoms with Gasteiger partial charge in [0.1, 0.15) is 5.82 Å². The molecule has 0 saturated carbocycles. The zero-order valence-electron chi connectivity index (χ0n) is 8.40. The first-order chi connectivity index (χ1) is 7.25. The van der Waals surface area contributed by atoms with Crippen molar-refractivity contribution in [3.63, 3.8) is 0 Å². The van der Waals surface area contributed by atoms with E-state index >= 15 is 0 Å². The molecular weight excluding hydrogens is 196 g/mol. The monoisotopic (exact) mass is 210 g/mol. The molecule has 1 aliphatic rings. The molecule has 82 valence electrons. The molecule has 0 radical (unpaired) electrons. The summed E-state index contributed by atoms with van der Waals surface area (Å²) in [6.07, 6.45) is 4.51. The summed E-state index contributed by atoms with van der Waals surface area (Å²) in [5.74, 6) is -0.0760. The van der Waals surface area contributed by atoms with Crippen LogP contribution in [-0.4, -0.2) is 27.7 Å². The van der Waals surface area contributed by atoms with E-state index in [1.54, 1.807) is 6.20 Å². The number of aromatic nitrogens is 2. The molecule has 1 atom stereocenters. The normalized spacial score (nSPS) is 20.7. The maximum absolute atomic E-state index is 10.4. The van der Waals surface area contributed by atoms with Crippen LogP contribution < -0.4 is 0 Å². The summed E-state index contributed by atoms with van der Waals surface area (Å²) >= 11 is 0. The highest BCUT2D eigenvalue weighted by atomic mass is 16.5. The van der Waals surface area contributed by atoms with E-state index in [0.717, 1.165) is 31.0 Å². The van der Waals surface area contributed by atoms with Crippen molar-refractivity contribution < 1.29 is 14.6 Å². The number of carboxylic acids is 1. The Morgan fingerprint density at radius 2 is 2.60 bits per heavy atom. The minimum Gasteiger partial charge on any atom is -0.481 e. The van der Waals surface area contributed by atoms with Crippen LogP contribution in [0.15, 0.2) is 6.20 Å². The fourth-order valence-corrected chi connectivity index (χ4v) is 1.72. The Hall–Kier alpha value is -1.36. The lowest BCUT2D eigenvalue weighted by molar-refractivity contribution is -0.137. The standard InChI is InChI=1S/C10H14N2O3/c13-10(14)4-3-9-11-6-7(12-9)8-2-1-5-15-8/h6,8H,1-5H2,(H,11,12)(H,13,14). The smallest absolute Gasteiger partial charge is 0.303 e. The van der Waals surface area contributed by atoms with Crippen LogP contribution in [0.3, 0.4) is 0 Å². The highest BCUT2D eigenvalue weighted by molar-refractivity contribution is 5.66. The van der Waals surface area contributed by atoms with Crippen LogP contribution in [0.2, 0.25) is 0 Å². The van der Waals surface area contributed by atoms with E-state index in [2.05, 4.69) is 9.97 Å². The summed E-state index contributed by atoms with van der Waals surface area (Å²) < 4.78 is 5.49. The first-order valence-electron chi connectivity index (χ1n) is 5.13. The number of rotatable bonds is 4. The van der Waals surface area contributed by atoms with Crippen molar-refractivity contribution in [1.29, 1.82) is 0 Å². The maximum Gasteiger partial charge on any atom is 0.303 e. The number of hydrogen-bond acceptors (Lipinski definition) is 3. The zero-order chi connectivity index (χ0) is 10.7. The van der Waals surface area contributed by atoms with Crippen LogP contribution in [0.1, 0.15) is 36.9 Å². The molecule has 15 heavy (non-hydrogen) atoms. The second kappa shape index (κ2) is 4.44. The average molecular weight is 210 g/mol. The van der Waals surface area contributed by atoms with E-state index in [0.29, 0.717) is 6.42 Å². The molecule has 1 fully saturated rings. The molecule has 0 spiro atoms. The molecule has 1 saturated heterocycles. The van der Waals surface area contributed by atoms with Gasteiger partial charge in [-0.1, -0.05) is 0 Å². The van der Waals surface area contributed by atoms with Gasteiger partial charge < -0.3 is 14.8 Å². The number of aromatic amines is 1. The molecule has 1 unspecified atom stereocenters. The largest absolute Gasteiger partial charge is 0.481 e. The second-order valence-electron chi connectivity index (χ2n) is 3.68. The van der Waals surface area contributed by atoms with Crippen molar-refractivity contribution in [2.45, 2.75) is 31.8 Å². The van der Waals surface area contributed by atoms with E-state index < -0.39 is 5.97 Å². The molecule has 0 bridgehead atoms. The Balaban J connectivity index is 1.94. The lowest BCUT2D eigenvalue weighted by Gasteiger charge is -2.04. The predicted octanol–water partition coefficient (Wildman–Crippen LogP) is 1.28. The van der Waals surface area contributed by atoms with Crippen LogP contribution in [0.5, 0.6) is 0 Å². The fraction of sp³-hybridized carbons (Fsp3) is 0.600. The van der Waals surface area contributed by atoms with Gasteiger partial charge in [0, 0.05) is 13.0 Å². The number of nitrogens with one attached hydrogen (secondary N) is 1. The minimum absolute atomic E-state index is 0.110. The molecule has 1 aromatic rings. The molecule has 5 heteroatoms. The van der Waals surface area contributed by atoms with Gasteiger partial charge in [0.25, 0.3) is 0 Å². The first kappa shape index (κ1) is 10.2. The summed E-state index contributed by atoms with van der Waals surface area (Å²) in [7, 11) is 0. The van der Waals surface area contributed by atoms with Crippen molar-refractivity contribution in [2.24, 2.45) is 0 Å². The molecular formula is C10H14N2O3. The molecule has 0 aliphatic carbocycles. The molecule has 1 aromatic heterocycles. The van der Waals surface area contributed by atoms with Crippen molar-refractivity contribution in [2.75, 3.05) is 6.61 Å². The van der Waals surface area contributed by atoms with E-state index in [-0.39, 0.29) is 12.5 Å². The van der Waals surface area contributed by atoms with E-state index in [1.807, 2.05) is 0 Å². The fourth-order valence-electron chi connectivity index (χ4n) is 1.72. The number of hydrogen-bond donors (Lipinski definition) is 2. The number of carboxylic acid groups (broad SMARTS) is 1. The van der Waals surface area contributed by atoms with Gasteiger partial charge >= 0.3 is 5.97 Å². The van der Waals surface area contributed by atoms with Crippen molar-refractivity contribution in [3.8, 4) is 0 Å². The quantitative estimate of drug-likeness (QED) is 0.784. The van der Waals surface area contributed by atoms with E-state index in [9.17, 15) is 4.79 Å². The van der Waals surface area contributed by atoms with Crippen molar-refractivity contribution in [1.82, 2.24) is 9.97 Å². The molecule has 1 aliphatic heterocycles. The van der Waals surface area contributed by atoms with Crippen LogP contribution in [-0.2, 0) is 16.0 Å². The Morgan fingerprint density at radius 1 is 1.73 bits per heavy atom. The third kappa shape index (κ3) is 2.56. The number of aryl methyl sites for hydroxylation is 1. The Kier molecular flexibility index (Phi) is 3.01. The minimum atomic E-state index is -0.801. The van der Waals surface area contributed by atoms with Gasteiger partial charge in [-0.3, -0.25) is 4.79 Å². The third-order valence-electron chi connectivity index (χ3n) is 2.50. The summed E-state index contributed by atoms with van der Waals surface area (Å²) in [5, 5.41) is 8.53. The number of carbonyl (C=O) groups is 1. The first-order valence-corrected chi connectivity index (χ1v) is 5.13. The number of imidazole rings is 1. The molecule has 2 rings (SSSR count). The molecule has 2 N–H and O–H groups in total. The SMILES string of the molecule is O=C(O)CCc1ncc(C2CCCO2)[nH]1. The molecule has 0 aromatic carbocycles. The molecule has 0 amide bonds. The van der Waals surface area contributed by atoms with Crippen LogP contribution >= 0.6 is 0 Å². The molecule has 5 nitrogen and oxygen atoms in total. The average Bonchev–Trinajstić information content (AvgIpc) is 2.85. The van der Waals surface area contributed by atoms with Gasteiger partial charge in [-0.25, -0.2) is 4.98 Å². The second-order valence-corrected chi connectivity index (χ2v) is 3.68. The number of aliphatic carboxylic acids is 1. The van der Waals surface area contributed by atoms with E-state index in [4.69, 9.17) is 9.84 Å². The van der Waals surface area contributed by atoms with Crippen LogP contribution in [0.25, 0.3) is 0 Å². The van der Waals surface area contributed by atoms with Crippen molar-refractivity contribution >= 4 is 5.97 Å². The lowest BCUT2D eigenvalue weighted by atomic mass is 10.2. The Morgan fingerprint density at radius 3 is 3.27 bits per heavy atom. The van der Waals surface area contributed by atoms with Crippen LogP contribution in [0.4, 0.5) is 0 Å². The van der Waals surface area contributed by atoms with Gasteiger partial charge in [0.05, 0.1) is 24.4 Å². The van der Waals surface area contributed by atoms with Gasteiger partial charge in [-0.2, -0.15) is 0 Å². The summed E-state index contributed by atoms with van der Waals surface area (Å²) in [6, 6.07) is 0. The Labute approximate surface area is 87.5 Å². The molecule has 2 heterocycles. The highest BCUT2D eigenvalue weighted by Gasteiger charge is 2.19. The highest BCUT2D eigenvalue weighted by Crippen LogP contribution is 2.26. The van der Waals surface area contributed by atoms with Gasteiger partial charge in [0.2, 0.25) is 0 Å². The Bertz CT molecular complexity index is 342. The van der Waals surface area contributed by atoms with Gasteiger partial charge in [-0.05, 0) is 12.8 Å². The summed E-state index contributed by atoms with van der Waals surface area (Å²) in [5.41, 5.74) is 0.966. The van der Waals surface area contributed by atoms with Crippen LogP contribution in [0, 0.1) is 0 Å². The number of nitrogens with zero attached hydrogens (tertiary/aromatic N) is 1. The summed E-state index contributed by atoms with van der Waals surface area (Å²) in [4.78, 5) is 17.6. The summed E-state index contributed by atoms with van der Waals surface area (Å²) in [6.45, 7) is 0.800. The number of H-pyrrole nitrogens is 1. The maximum atomic E-state index is 10.4. The third-order valence-corrected chi connectivity index (χ3v) is 2.50. The predicted molar refractivity (Wildman–Crippen MR) is 52.5 cm³/mol. The van der Waals surface area contributed by atoms with Gasteiger partial charge in [0.15, 0.2) is 0 Å². The van der Waals surface area contributed by atoms with Gasteiger partial charge in [-0.15, -0.1) is 0 Å². The topological polar surface area (TPSA) is 75.2 Å². The lowest BCUT2D eigenvalue weighted by Crippen LogP contribution is -2.00.